The summed E-state index contributed by atoms with van der Waals surface area (Å²) in [5, 5.41) is 12.1. The fourth-order valence-electron chi connectivity index (χ4n) is 1.72. The lowest BCUT2D eigenvalue weighted by atomic mass is 10.1. The topological polar surface area (TPSA) is 75.3 Å². The first kappa shape index (κ1) is 13.0. The van der Waals surface area contributed by atoms with Gasteiger partial charge in [-0.25, -0.2) is 4.79 Å². The average Bonchev–Trinajstić information content (AvgIpc) is 2.40. The van der Waals surface area contributed by atoms with Gasteiger partial charge in [0, 0.05) is 17.9 Å². The summed E-state index contributed by atoms with van der Waals surface area (Å²) in [7, 11) is 0. The van der Waals surface area contributed by atoms with E-state index in [1.54, 1.807) is 24.3 Å². The Balaban J connectivity index is 2.01. The van der Waals surface area contributed by atoms with E-state index < -0.39 is 5.97 Å². The quantitative estimate of drug-likeness (QED) is 0.735. The molecule has 0 fully saturated rings. The summed E-state index contributed by atoms with van der Waals surface area (Å²) < 4.78 is 0. The number of aromatic carboxylic acids is 1. The Labute approximate surface area is 111 Å². The molecule has 0 unspecified atom stereocenters. The maximum Gasteiger partial charge on any atom is 0.335 e. The zero-order chi connectivity index (χ0) is 13.8. The van der Waals surface area contributed by atoms with Crippen molar-refractivity contribution in [2.24, 2.45) is 0 Å². The van der Waals surface area contributed by atoms with E-state index in [-0.39, 0.29) is 0 Å². The number of rotatable bonds is 4. The Hall–Kier alpha value is -2.49. The molecule has 0 aliphatic carbocycles. The van der Waals surface area contributed by atoms with E-state index in [9.17, 15) is 4.79 Å². The average molecular weight is 256 g/mol. The SMILES string of the molecule is Cc1ccc(NCc2ccc(C(=O)O)cc2)cc1N. The first-order valence-electron chi connectivity index (χ1n) is 5.98. The molecule has 4 N–H and O–H groups in total. The molecule has 0 saturated carbocycles. The highest BCUT2D eigenvalue weighted by molar-refractivity contribution is 5.87. The fourth-order valence-corrected chi connectivity index (χ4v) is 1.72. The van der Waals surface area contributed by atoms with E-state index in [1.165, 1.54) is 0 Å². The van der Waals surface area contributed by atoms with Gasteiger partial charge in [0.05, 0.1) is 5.56 Å². The summed E-state index contributed by atoms with van der Waals surface area (Å²) in [6, 6.07) is 12.6. The van der Waals surface area contributed by atoms with Crippen molar-refractivity contribution in [3.05, 3.63) is 59.2 Å². The highest BCUT2D eigenvalue weighted by Gasteiger charge is 2.02. The van der Waals surface area contributed by atoms with Crippen LogP contribution >= 0.6 is 0 Å². The highest BCUT2D eigenvalue weighted by Crippen LogP contribution is 2.17. The van der Waals surface area contributed by atoms with E-state index in [2.05, 4.69) is 5.32 Å². The van der Waals surface area contributed by atoms with E-state index in [1.807, 2.05) is 25.1 Å². The third kappa shape index (κ3) is 3.25. The van der Waals surface area contributed by atoms with Crippen molar-refractivity contribution in [2.75, 3.05) is 11.1 Å². The number of carboxylic acids is 1. The Morgan fingerprint density at radius 2 is 1.89 bits per heavy atom. The Morgan fingerprint density at radius 3 is 2.47 bits per heavy atom. The number of benzene rings is 2. The highest BCUT2D eigenvalue weighted by atomic mass is 16.4. The molecule has 4 heteroatoms. The number of nitrogens with one attached hydrogen (secondary N) is 1. The van der Waals surface area contributed by atoms with Gasteiger partial charge < -0.3 is 16.2 Å². The summed E-state index contributed by atoms with van der Waals surface area (Å²) in [4.78, 5) is 10.7. The summed E-state index contributed by atoms with van der Waals surface area (Å²) in [6.07, 6.45) is 0. The zero-order valence-corrected chi connectivity index (χ0v) is 10.7. The van der Waals surface area contributed by atoms with Crippen LogP contribution in [0.5, 0.6) is 0 Å². The summed E-state index contributed by atoms with van der Waals surface area (Å²) in [5.74, 6) is -0.911. The number of nitrogens with two attached hydrogens (primary N) is 1. The Morgan fingerprint density at radius 1 is 1.21 bits per heavy atom. The van der Waals surface area contributed by atoms with Crippen LogP contribution in [0.15, 0.2) is 42.5 Å². The van der Waals surface area contributed by atoms with Crippen molar-refractivity contribution in [1.82, 2.24) is 0 Å². The normalized spacial score (nSPS) is 10.2. The smallest absolute Gasteiger partial charge is 0.335 e. The molecule has 2 aromatic carbocycles. The van der Waals surface area contributed by atoms with Crippen LogP contribution in [0.4, 0.5) is 11.4 Å². The molecule has 2 aromatic rings. The van der Waals surface area contributed by atoms with Crippen molar-refractivity contribution >= 4 is 17.3 Å². The van der Waals surface area contributed by atoms with Gasteiger partial charge in [0.25, 0.3) is 0 Å². The van der Waals surface area contributed by atoms with Gasteiger partial charge in [-0.3, -0.25) is 0 Å². The fraction of sp³-hybridized carbons (Fsp3) is 0.133. The Kier molecular flexibility index (Phi) is 3.71. The lowest BCUT2D eigenvalue weighted by molar-refractivity contribution is 0.0697. The number of aryl methyl sites for hydroxylation is 1. The second-order valence-electron chi connectivity index (χ2n) is 4.43. The number of carbonyl (C=O) groups is 1. The van der Waals surface area contributed by atoms with Gasteiger partial charge in [-0.05, 0) is 42.3 Å². The summed E-state index contributed by atoms with van der Waals surface area (Å²) in [6.45, 7) is 2.59. The molecule has 4 nitrogen and oxygen atoms in total. The molecule has 19 heavy (non-hydrogen) atoms. The molecule has 0 atom stereocenters. The summed E-state index contributed by atoms with van der Waals surface area (Å²) in [5.41, 5.74) is 9.91. The van der Waals surface area contributed by atoms with Gasteiger partial charge in [0.15, 0.2) is 0 Å². The van der Waals surface area contributed by atoms with Gasteiger partial charge in [0.2, 0.25) is 0 Å². The lowest BCUT2D eigenvalue weighted by Crippen LogP contribution is -2.02. The van der Waals surface area contributed by atoms with Crippen LogP contribution in [0.2, 0.25) is 0 Å². The van der Waals surface area contributed by atoms with Crippen LogP contribution in [0.1, 0.15) is 21.5 Å². The molecule has 0 radical (unpaired) electrons. The van der Waals surface area contributed by atoms with Crippen LogP contribution in [0.25, 0.3) is 0 Å². The number of nitrogen functional groups attached to an aromatic ring is 1. The first-order valence-corrected chi connectivity index (χ1v) is 5.98. The Bertz CT molecular complexity index is 592. The third-order valence-corrected chi connectivity index (χ3v) is 2.98. The van der Waals surface area contributed by atoms with Crippen LogP contribution in [0.3, 0.4) is 0 Å². The van der Waals surface area contributed by atoms with Crippen molar-refractivity contribution in [3.63, 3.8) is 0 Å². The molecule has 0 heterocycles. The first-order chi connectivity index (χ1) is 9.06. The maximum absolute atomic E-state index is 10.7. The molecular formula is C15H16N2O2. The van der Waals surface area contributed by atoms with E-state index in [4.69, 9.17) is 10.8 Å². The van der Waals surface area contributed by atoms with Crippen LogP contribution in [0, 0.1) is 6.92 Å². The van der Waals surface area contributed by atoms with Crippen molar-refractivity contribution in [1.29, 1.82) is 0 Å². The molecule has 0 bridgehead atoms. The van der Waals surface area contributed by atoms with E-state index in [0.717, 1.165) is 22.5 Å². The lowest BCUT2D eigenvalue weighted by Gasteiger charge is -2.09. The van der Waals surface area contributed by atoms with Crippen LogP contribution in [-0.2, 0) is 6.54 Å². The number of hydrogen-bond donors (Lipinski definition) is 3. The van der Waals surface area contributed by atoms with Crippen molar-refractivity contribution < 1.29 is 9.90 Å². The largest absolute Gasteiger partial charge is 0.478 e. The molecule has 0 saturated heterocycles. The van der Waals surface area contributed by atoms with Crippen molar-refractivity contribution in [3.8, 4) is 0 Å². The zero-order valence-electron chi connectivity index (χ0n) is 10.7. The van der Waals surface area contributed by atoms with Gasteiger partial charge in [-0.1, -0.05) is 18.2 Å². The minimum Gasteiger partial charge on any atom is -0.478 e. The molecule has 0 aliphatic heterocycles. The molecule has 0 aromatic heterocycles. The molecule has 0 aliphatic rings. The minimum atomic E-state index is -0.911. The minimum absolute atomic E-state index is 0.295. The third-order valence-electron chi connectivity index (χ3n) is 2.98. The standard InChI is InChI=1S/C15H16N2O2/c1-10-2-7-13(8-14(10)16)17-9-11-3-5-12(6-4-11)15(18)19/h2-8,17H,9,16H2,1H3,(H,18,19). The van der Waals surface area contributed by atoms with Gasteiger partial charge in [0.1, 0.15) is 0 Å². The molecule has 0 spiro atoms. The number of anilines is 2. The number of carboxylic acid groups (broad SMARTS) is 1. The second-order valence-corrected chi connectivity index (χ2v) is 4.43. The molecular weight excluding hydrogens is 240 g/mol. The van der Waals surface area contributed by atoms with Crippen LogP contribution in [-0.4, -0.2) is 11.1 Å². The molecule has 98 valence electrons. The molecule has 0 amide bonds. The number of hydrogen-bond acceptors (Lipinski definition) is 3. The predicted molar refractivity (Wildman–Crippen MR) is 76.3 cm³/mol. The van der Waals surface area contributed by atoms with Crippen LogP contribution < -0.4 is 11.1 Å². The van der Waals surface area contributed by atoms with Gasteiger partial charge in [-0.2, -0.15) is 0 Å². The van der Waals surface area contributed by atoms with Gasteiger partial charge >= 0.3 is 5.97 Å². The monoisotopic (exact) mass is 256 g/mol. The van der Waals surface area contributed by atoms with E-state index in [0.29, 0.717) is 12.1 Å². The summed E-state index contributed by atoms with van der Waals surface area (Å²) >= 11 is 0. The van der Waals surface area contributed by atoms with Crippen molar-refractivity contribution in [2.45, 2.75) is 13.5 Å². The second kappa shape index (κ2) is 5.44. The maximum atomic E-state index is 10.7. The van der Waals surface area contributed by atoms with E-state index >= 15 is 0 Å². The predicted octanol–water partition coefficient (Wildman–Crippen LogP) is 2.89. The van der Waals surface area contributed by atoms with Gasteiger partial charge in [-0.15, -0.1) is 0 Å². The molecule has 2 rings (SSSR count).